The predicted octanol–water partition coefficient (Wildman–Crippen LogP) is 6.72. The molecule has 0 aliphatic carbocycles. The first-order valence-corrected chi connectivity index (χ1v) is 12.2. The summed E-state index contributed by atoms with van der Waals surface area (Å²) in [6.45, 7) is 0.157. The molecule has 0 saturated carbocycles. The van der Waals surface area contributed by atoms with Crippen molar-refractivity contribution in [3.8, 4) is 11.5 Å². The number of hydrogen-bond acceptors (Lipinski definition) is 5. The van der Waals surface area contributed by atoms with Crippen molar-refractivity contribution in [2.45, 2.75) is 6.61 Å². The summed E-state index contributed by atoms with van der Waals surface area (Å²) in [6, 6.07) is 15.1. The number of nitrogens with one attached hydrogen (secondary N) is 1. The van der Waals surface area contributed by atoms with E-state index in [2.05, 4.69) is 5.32 Å². The van der Waals surface area contributed by atoms with E-state index < -0.39 is 11.8 Å². The lowest BCUT2D eigenvalue weighted by Gasteiger charge is -2.29. The zero-order chi connectivity index (χ0) is 26.0. The van der Waals surface area contributed by atoms with Crippen LogP contribution in [0.4, 0.5) is 5.69 Å². The Bertz CT molecular complexity index is 1430. The summed E-state index contributed by atoms with van der Waals surface area (Å²) >= 11 is 30.3. The van der Waals surface area contributed by atoms with Crippen LogP contribution in [0.3, 0.4) is 0 Å². The minimum Gasteiger partial charge on any atom is -0.493 e. The maximum atomic E-state index is 13.3. The van der Waals surface area contributed by atoms with Gasteiger partial charge in [0.15, 0.2) is 16.6 Å². The molecule has 0 radical (unpaired) electrons. The molecule has 11 heteroatoms. The number of ether oxygens (including phenoxy) is 2. The molecule has 1 saturated heterocycles. The van der Waals surface area contributed by atoms with Crippen molar-refractivity contribution in [2.24, 2.45) is 0 Å². The quantitative estimate of drug-likeness (QED) is 0.199. The van der Waals surface area contributed by atoms with Crippen LogP contribution in [-0.4, -0.2) is 24.0 Å². The molecule has 184 valence electrons. The molecule has 1 aliphatic rings. The van der Waals surface area contributed by atoms with E-state index in [0.717, 1.165) is 10.5 Å². The van der Waals surface area contributed by atoms with Gasteiger partial charge >= 0.3 is 0 Å². The summed E-state index contributed by atoms with van der Waals surface area (Å²) in [5.74, 6) is -0.764. The van der Waals surface area contributed by atoms with Crippen LogP contribution >= 0.6 is 58.6 Å². The van der Waals surface area contributed by atoms with Gasteiger partial charge in [-0.3, -0.25) is 19.8 Å². The first-order chi connectivity index (χ1) is 17.2. The van der Waals surface area contributed by atoms with Crippen molar-refractivity contribution in [1.29, 1.82) is 0 Å². The van der Waals surface area contributed by atoms with Gasteiger partial charge in [-0.1, -0.05) is 70.7 Å². The Morgan fingerprint density at radius 1 is 0.972 bits per heavy atom. The molecule has 1 fully saturated rings. The second kappa shape index (κ2) is 11.1. The minimum absolute atomic E-state index is 0.120. The third-order valence-electron chi connectivity index (χ3n) is 5.17. The fraction of sp³-hybridized carbons (Fsp3) is 0.0800. The van der Waals surface area contributed by atoms with Crippen molar-refractivity contribution in [2.75, 3.05) is 12.0 Å². The van der Waals surface area contributed by atoms with Crippen LogP contribution in [0.5, 0.6) is 11.5 Å². The summed E-state index contributed by atoms with van der Waals surface area (Å²) in [5.41, 5.74) is 1.24. The molecule has 0 atom stereocenters. The fourth-order valence-corrected chi connectivity index (χ4v) is 4.55. The van der Waals surface area contributed by atoms with E-state index in [1.54, 1.807) is 36.4 Å². The van der Waals surface area contributed by atoms with E-state index in [4.69, 9.17) is 68.1 Å². The molecule has 2 amide bonds. The van der Waals surface area contributed by atoms with E-state index in [9.17, 15) is 9.59 Å². The lowest BCUT2D eigenvalue weighted by atomic mass is 10.1. The normalized spacial score (nSPS) is 14.8. The Morgan fingerprint density at radius 2 is 1.69 bits per heavy atom. The van der Waals surface area contributed by atoms with E-state index in [1.807, 2.05) is 18.2 Å². The lowest BCUT2D eigenvalue weighted by Crippen LogP contribution is -2.54. The predicted molar refractivity (Wildman–Crippen MR) is 146 cm³/mol. The van der Waals surface area contributed by atoms with Crippen LogP contribution in [-0.2, 0) is 16.2 Å². The Kier molecular flexibility index (Phi) is 8.07. The molecule has 0 bridgehead atoms. The van der Waals surface area contributed by atoms with Gasteiger partial charge < -0.3 is 9.47 Å². The van der Waals surface area contributed by atoms with Crippen LogP contribution < -0.4 is 19.7 Å². The zero-order valence-electron chi connectivity index (χ0n) is 18.5. The number of thiocarbonyl (C=S) groups is 1. The Balaban J connectivity index is 1.67. The van der Waals surface area contributed by atoms with Crippen molar-refractivity contribution in [3.05, 3.63) is 91.4 Å². The number of anilines is 1. The van der Waals surface area contributed by atoms with Gasteiger partial charge in [0.1, 0.15) is 12.2 Å². The second-order valence-corrected chi connectivity index (χ2v) is 9.43. The molecule has 0 unspecified atom stereocenters. The van der Waals surface area contributed by atoms with Crippen LogP contribution in [0.25, 0.3) is 6.08 Å². The van der Waals surface area contributed by atoms with Crippen molar-refractivity contribution in [3.63, 3.8) is 0 Å². The molecular formula is C25H16Cl4N2O4S. The topological polar surface area (TPSA) is 67.9 Å². The highest BCUT2D eigenvalue weighted by Crippen LogP contribution is 2.39. The van der Waals surface area contributed by atoms with E-state index in [0.29, 0.717) is 16.3 Å². The molecule has 3 aromatic rings. The summed E-state index contributed by atoms with van der Waals surface area (Å²) < 4.78 is 11.3. The highest BCUT2D eigenvalue weighted by molar-refractivity contribution is 7.80. The van der Waals surface area contributed by atoms with Crippen LogP contribution in [0.15, 0.2) is 60.2 Å². The first kappa shape index (κ1) is 26.3. The number of methoxy groups -OCH3 is 1. The number of rotatable bonds is 6. The Hall–Kier alpha value is -2.81. The van der Waals surface area contributed by atoms with Crippen molar-refractivity contribution in [1.82, 2.24) is 5.32 Å². The average Bonchev–Trinajstić information content (AvgIpc) is 2.84. The summed E-state index contributed by atoms with van der Waals surface area (Å²) in [7, 11) is 1.45. The van der Waals surface area contributed by atoms with Crippen LogP contribution in [0.1, 0.15) is 11.1 Å². The smallest absolute Gasteiger partial charge is 0.270 e. The number of carbonyl (C=O) groups excluding carboxylic acids is 2. The van der Waals surface area contributed by atoms with E-state index in [1.165, 1.54) is 13.2 Å². The molecule has 1 aliphatic heterocycles. The van der Waals surface area contributed by atoms with Crippen LogP contribution in [0, 0.1) is 0 Å². The van der Waals surface area contributed by atoms with Gasteiger partial charge in [0.2, 0.25) is 0 Å². The maximum absolute atomic E-state index is 13.3. The van der Waals surface area contributed by atoms with Gasteiger partial charge in [0.25, 0.3) is 11.8 Å². The number of halogens is 4. The average molecular weight is 582 g/mol. The lowest BCUT2D eigenvalue weighted by molar-refractivity contribution is -0.122. The molecule has 1 N–H and O–H groups in total. The number of amides is 2. The Labute approximate surface area is 232 Å². The van der Waals surface area contributed by atoms with Gasteiger partial charge in [-0.15, -0.1) is 0 Å². The van der Waals surface area contributed by atoms with Crippen molar-refractivity contribution < 1.29 is 19.1 Å². The highest BCUT2D eigenvalue weighted by atomic mass is 35.5. The van der Waals surface area contributed by atoms with Crippen molar-refractivity contribution >= 4 is 87.3 Å². The monoisotopic (exact) mass is 580 g/mol. The minimum atomic E-state index is -0.679. The zero-order valence-corrected chi connectivity index (χ0v) is 22.3. The molecule has 0 spiro atoms. The summed E-state index contributed by atoms with van der Waals surface area (Å²) in [4.78, 5) is 27.1. The molecule has 36 heavy (non-hydrogen) atoms. The highest BCUT2D eigenvalue weighted by Gasteiger charge is 2.35. The van der Waals surface area contributed by atoms with Gasteiger partial charge in [-0.25, -0.2) is 0 Å². The largest absolute Gasteiger partial charge is 0.493 e. The fourth-order valence-electron chi connectivity index (χ4n) is 3.44. The van der Waals surface area contributed by atoms with Gasteiger partial charge in [-0.2, -0.15) is 0 Å². The van der Waals surface area contributed by atoms with Crippen LogP contribution in [0.2, 0.25) is 20.1 Å². The third kappa shape index (κ3) is 5.31. The first-order valence-electron chi connectivity index (χ1n) is 10.3. The molecule has 3 aromatic carbocycles. The second-order valence-electron chi connectivity index (χ2n) is 7.44. The number of nitrogens with zero attached hydrogens (tertiary/aromatic N) is 1. The molecule has 4 rings (SSSR count). The van der Waals surface area contributed by atoms with E-state index in [-0.39, 0.29) is 43.8 Å². The third-order valence-corrected chi connectivity index (χ3v) is 6.91. The maximum Gasteiger partial charge on any atom is 0.270 e. The van der Waals surface area contributed by atoms with Gasteiger partial charge in [0, 0.05) is 10.6 Å². The summed E-state index contributed by atoms with van der Waals surface area (Å²) in [6.07, 6.45) is 1.37. The molecule has 6 nitrogen and oxygen atoms in total. The molecule has 0 aromatic heterocycles. The molecule has 1 heterocycles. The van der Waals surface area contributed by atoms with Gasteiger partial charge in [-0.05, 0) is 54.2 Å². The molecular weight excluding hydrogens is 566 g/mol. The number of carbonyl (C=O) groups is 2. The van der Waals surface area contributed by atoms with Gasteiger partial charge in [0.05, 0.1) is 27.9 Å². The SMILES string of the molecule is COc1cc(/C=C2\C(=O)NC(=S)N(c3cccc(Cl)c3Cl)C2=O)cc(Cl)c1OCc1ccccc1Cl. The Morgan fingerprint density at radius 3 is 2.42 bits per heavy atom. The number of hydrogen-bond donors (Lipinski definition) is 1. The standard InChI is InChI=1S/C25H16Cl4N2O4S/c1-34-20-11-13(10-18(28)22(20)35-12-14-5-2-3-6-16(14)26)9-15-23(32)30-25(36)31(24(15)33)19-8-4-7-17(27)21(19)29/h2-11H,12H2,1H3,(H,30,32,36)/b15-9+. The number of benzene rings is 3. The summed E-state index contributed by atoms with van der Waals surface area (Å²) in [5, 5.41) is 3.50. The van der Waals surface area contributed by atoms with E-state index >= 15 is 0 Å².